The fourth-order valence-corrected chi connectivity index (χ4v) is 2.91. The average molecular weight is 419 g/mol. The topological polar surface area (TPSA) is 104 Å². The first-order valence-electron chi connectivity index (χ1n) is 11.6. The summed E-state index contributed by atoms with van der Waals surface area (Å²) in [4.78, 5) is 20.4. The molecule has 3 N–H and O–H groups in total. The van der Waals surface area contributed by atoms with Crippen molar-refractivity contribution in [1.29, 1.82) is 0 Å². The number of carboxylic acid groups (broad SMARTS) is 1. The monoisotopic (exact) mass is 418 g/mol. The summed E-state index contributed by atoms with van der Waals surface area (Å²) in [6.45, 7) is 3.00. The summed E-state index contributed by atoms with van der Waals surface area (Å²) in [5, 5.41) is 25.3. The van der Waals surface area contributed by atoms with Crippen molar-refractivity contribution in [1.82, 2.24) is 0 Å². The highest BCUT2D eigenvalue weighted by Crippen LogP contribution is 2.13. The van der Waals surface area contributed by atoms with E-state index in [1.807, 2.05) is 0 Å². The Morgan fingerprint density at radius 2 is 1.14 bits per heavy atom. The average Bonchev–Trinajstić information content (AvgIpc) is 2.69. The van der Waals surface area contributed by atoms with Gasteiger partial charge in [0, 0.05) is 13.3 Å². The van der Waals surface area contributed by atoms with Crippen LogP contribution in [0.3, 0.4) is 0 Å². The molecule has 29 heavy (non-hydrogen) atoms. The van der Waals surface area contributed by atoms with Gasteiger partial charge in [-0.05, 0) is 6.42 Å². The summed E-state index contributed by atoms with van der Waals surface area (Å²) >= 11 is 0. The van der Waals surface area contributed by atoms with E-state index >= 15 is 0 Å². The van der Waals surface area contributed by atoms with Crippen LogP contribution in [0.2, 0.25) is 0 Å². The van der Waals surface area contributed by atoms with E-state index in [9.17, 15) is 9.59 Å². The molecule has 0 aromatic carbocycles. The van der Waals surface area contributed by atoms with Crippen molar-refractivity contribution in [3.63, 3.8) is 0 Å². The van der Waals surface area contributed by atoms with Crippen molar-refractivity contribution in [2.45, 2.75) is 123 Å². The summed E-state index contributed by atoms with van der Waals surface area (Å²) < 4.78 is 4.35. The maximum Gasteiger partial charge on any atom is 0.303 e. The minimum atomic E-state index is -0.950. The Hall–Kier alpha value is -1.14. The molecule has 0 aliphatic carbocycles. The van der Waals surface area contributed by atoms with Gasteiger partial charge < -0.3 is 20.1 Å². The van der Waals surface area contributed by atoms with Crippen LogP contribution in [0.4, 0.5) is 0 Å². The van der Waals surface area contributed by atoms with E-state index in [2.05, 4.69) is 11.7 Å². The number of aliphatic carboxylic acids is 1. The summed E-state index contributed by atoms with van der Waals surface area (Å²) in [5.41, 5.74) is 0. The maximum absolute atomic E-state index is 10.3. The van der Waals surface area contributed by atoms with Gasteiger partial charge in [0.05, 0.1) is 6.61 Å². The lowest BCUT2D eigenvalue weighted by atomic mass is 10.0. The Balaban J connectivity index is 0. The molecule has 0 aromatic heterocycles. The van der Waals surface area contributed by atoms with E-state index < -0.39 is 18.0 Å². The molecular weight excluding hydrogens is 372 g/mol. The molecule has 0 bridgehead atoms. The van der Waals surface area contributed by atoms with Crippen LogP contribution in [0.15, 0.2) is 0 Å². The number of aliphatic hydroxyl groups is 2. The summed E-state index contributed by atoms with van der Waals surface area (Å²) in [5.74, 6) is -1.11. The Bertz CT molecular complexity index is 359. The van der Waals surface area contributed by atoms with Gasteiger partial charge in [-0.15, -0.1) is 0 Å². The zero-order chi connectivity index (χ0) is 22.2. The first kappa shape index (κ1) is 30.1. The van der Waals surface area contributed by atoms with Crippen LogP contribution in [0.1, 0.15) is 117 Å². The third kappa shape index (κ3) is 31.8. The second-order valence-electron chi connectivity index (χ2n) is 7.73. The van der Waals surface area contributed by atoms with Gasteiger partial charge in [0.25, 0.3) is 0 Å². The van der Waals surface area contributed by atoms with Crippen molar-refractivity contribution in [3.05, 3.63) is 0 Å². The fraction of sp³-hybridized carbons (Fsp3) is 0.913. The SMILES string of the molecule is CC(=O)OCC(O)CO.CCCCCCCCCCCCCCCCCC(=O)O. The van der Waals surface area contributed by atoms with Crippen LogP contribution in [0.25, 0.3) is 0 Å². The Kier molecular flexibility index (Phi) is 25.8. The smallest absolute Gasteiger partial charge is 0.303 e. The molecule has 0 spiro atoms. The number of carboxylic acids is 1. The molecule has 1 unspecified atom stereocenters. The van der Waals surface area contributed by atoms with Crippen molar-refractivity contribution in [2.24, 2.45) is 0 Å². The standard InChI is InChI=1S/C18H36O2.C5H10O4/c1-2-3-4-5-6-7-8-9-10-11-12-13-14-15-16-17-18(19)20;1-4(7)9-3-5(8)2-6/h2-17H2,1H3,(H,19,20);5-6,8H,2-3H2,1H3. The summed E-state index contributed by atoms with van der Waals surface area (Å²) in [7, 11) is 0. The zero-order valence-electron chi connectivity index (χ0n) is 18.9. The number of carbonyl (C=O) groups is 2. The third-order valence-corrected chi connectivity index (χ3v) is 4.68. The summed E-state index contributed by atoms with van der Waals surface area (Å²) in [6.07, 6.45) is 19.2. The third-order valence-electron chi connectivity index (χ3n) is 4.68. The van der Waals surface area contributed by atoms with Crippen molar-refractivity contribution < 1.29 is 29.6 Å². The minimum absolute atomic E-state index is 0.133. The van der Waals surface area contributed by atoms with Gasteiger partial charge in [-0.25, -0.2) is 0 Å². The highest BCUT2D eigenvalue weighted by Gasteiger charge is 2.02. The summed E-state index contributed by atoms with van der Waals surface area (Å²) in [6, 6.07) is 0. The Morgan fingerprint density at radius 1 is 0.759 bits per heavy atom. The van der Waals surface area contributed by atoms with Gasteiger partial charge in [0.1, 0.15) is 12.7 Å². The lowest BCUT2D eigenvalue weighted by Crippen LogP contribution is -2.20. The van der Waals surface area contributed by atoms with Gasteiger partial charge in [0.15, 0.2) is 0 Å². The van der Waals surface area contributed by atoms with Crippen LogP contribution in [0.5, 0.6) is 0 Å². The van der Waals surface area contributed by atoms with Gasteiger partial charge in [-0.2, -0.15) is 0 Å². The van der Waals surface area contributed by atoms with Crippen LogP contribution in [0, 0.1) is 0 Å². The predicted octanol–water partition coefficient (Wildman–Crippen LogP) is 5.24. The highest BCUT2D eigenvalue weighted by molar-refractivity contribution is 5.66. The zero-order valence-corrected chi connectivity index (χ0v) is 18.9. The van der Waals surface area contributed by atoms with Gasteiger partial charge >= 0.3 is 11.9 Å². The molecule has 0 saturated heterocycles. The van der Waals surface area contributed by atoms with Gasteiger partial charge in [-0.1, -0.05) is 96.8 Å². The van der Waals surface area contributed by atoms with Gasteiger partial charge in [0.2, 0.25) is 0 Å². The minimum Gasteiger partial charge on any atom is -0.481 e. The van der Waals surface area contributed by atoms with Crippen LogP contribution in [-0.2, 0) is 14.3 Å². The number of aliphatic hydroxyl groups excluding tert-OH is 2. The van der Waals surface area contributed by atoms with E-state index in [0.717, 1.165) is 12.8 Å². The number of carbonyl (C=O) groups excluding carboxylic acids is 1. The molecule has 6 nitrogen and oxygen atoms in total. The number of hydrogen-bond donors (Lipinski definition) is 3. The molecule has 0 aromatic rings. The van der Waals surface area contributed by atoms with E-state index in [4.69, 9.17) is 15.3 Å². The van der Waals surface area contributed by atoms with Crippen LogP contribution < -0.4 is 0 Å². The van der Waals surface area contributed by atoms with Crippen LogP contribution in [-0.4, -0.2) is 46.6 Å². The lowest BCUT2D eigenvalue weighted by Gasteiger charge is -2.05. The fourth-order valence-electron chi connectivity index (χ4n) is 2.91. The number of ether oxygens (including phenoxy) is 1. The molecule has 0 rings (SSSR count). The molecule has 0 fully saturated rings. The first-order chi connectivity index (χ1) is 13.9. The molecule has 1 atom stereocenters. The molecular formula is C23H46O6. The van der Waals surface area contributed by atoms with Gasteiger partial charge in [-0.3, -0.25) is 9.59 Å². The van der Waals surface area contributed by atoms with E-state index in [1.165, 1.54) is 90.4 Å². The molecule has 0 aliphatic rings. The van der Waals surface area contributed by atoms with Crippen LogP contribution >= 0.6 is 0 Å². The number of hydrogen-bond acceptors (Lipinski definition) is 5. The van der Waals surface area contributed by atoms with Crippen molar-refractivity contribution in [2.75, 3.05) is 13.2 Å². The highest BCUT2D eigenvalue weighted by atomic mass is 16.5. The molecule has 174 valence electrons. The predicted molar refractivity (Wildman–Crippen MR) is 117 cm³/mol. The number of rotatable bonds is 19. The maximum atomic E-state index is 10.3. The molecule has 6 heteroatoms. The largest absolute Gasteiger partial charge is 0.481 e. The van der Waals surface area contributed by atoms with E-state index in [-0.39, 0.29) is 13.2 Å². The quantitative estimate of drug-likeness (QED) is 0.196. The molecule has 0 aliphatic heterocycles. The van der Waals surface area contributed by atoms with E-state index in [1.54, 1.807) is 0 Å². The molecule has 0 amide bonds. The lowest BCUT2D eigenvalue weighted by molar-refractivity contribution is -0.144. The second kappa shape index (κ2) is 24.9. The Labute approximate surface area is 178 Å². The normalized spacial score (nSPS) is 11.4. The van der Waals surface area contributed by atoms with E-state index in [0.29, 0.717) is 6.42 Å². The number of esters is 1. The molecule has 0 saturated carbocycles. The first-order valence-corrected chi connectivity index (χ1v) is 11.6. The second-order valence-corrected chi connectivity index (χ2v) is 7.73. The molecule has 0 heterocycles. The van der Waals surface area contributed by atoms with Crippen molar-refractivity contribution >= 4 is 11.9 Å². The Morgan fingerprint density at radius 3 is 1.45 bits per heavy atom. The molecule has 0 radical (unpaired) electrons. The van der Waals surface area contributed by atoms with Crippen molar-refractivity contribution in [3.8, 4) is 0 Å². The number of unbranched alkanes of at least 4 members (excludes halogenated alkanes) is 14.